The second-order valence-corrected chi connectivity index (χ2v) is 7.00. The third-order valence-electron chi connectivity index (χ3n) is 4.14. The van der Waals surface area contributed by atoms with Crippen LogP contribution in [0.25, 0.3) is 11.3 Å². The van der Waals surface area contributed by atoms with Crippen LogP contribution < -0.4 is 5.32 Å². The van der Waals surface area contributed by atoms with Crippen LogP contribution in [0.15, 0.2) is 23.6 Å². The van der Waals surface area contributed by atoms with Crippen LogP contribution in [0.1, 0.15) is 11.1 Å². The number of hydrogen-bond acceptors (Lipinski definition) is 6. The largest absolute Gasteiger partial charge is 0.383 e. The van der Waals surface area contributed by atoms with Crippen LogP contribution in [0.3, 0.4) is 0 Å². The summed E-state index contributed by atoms with van der Waals surface area (Å²) in [7, 11) is 3.30. The van der Waals surface area contributed by atoms with Gasteiger partial charge in [0.15, 0.2) is 5.13 Å². The SMILES string of the molecule is COCCN(CCOC)CC(=O)Nc1nc(-c2ccc(C)c(C)c2)cs1. The predicted molar refractivity (Wildman–Crippen MR) is 106 cm³/mol. The van der Waals surface area contributed by atoms with Crippen molar-refractivity contribution in [1.29, 1.82) is 0 Å². The molecule has 0 fully saturated rings. The third kappa shape index (κ3) is 6.17. The predicted octanol–water partition coefficient (Wildman–Crippen LogP) is 2.96. The first-order valence-corrected chi connectivity index (χ1v) is 9.44. The monoisotopic (exact) mass is 377 g/mol. The molecular formula is C19H27N3O3S. The average Bonchev–Trinajstić information content (AvgIpc) is 3.08. The van der Waals surface area contributed by atoms with Crippen LogP contribution in [0.2, 0.25) is 0 Å². The molecule has 0 radical (unpaired) electrons. The van der Waals surface area contributed by atoms with Gasteiger partial charge in [-0.3, -0.25) is 9.69 Å². The maximum absolute atomic E-state index is 12.3. The number of carbonyl (C=O) groups is 1. The third-order valence-corrected chi connectivity index (χ3v) is 4.90. The highest BCUT2D eigenvalue weighted by Crippen LogP contribution is 2.26. The van der Waals surface area contributed by atoms with Gasteiger partial charge in [0.05, 0.1) is 25.5 Å². The van der Waals surface area contributed by atoms with Crippen molar-refractivity contribution >= 4 is 22.4 Å². The number of aryl methyl sites for hydroxylation is 2. The van der Waals surface area contributed by atoms with Gasteiger partial charge in [0.1, 0.15) is 0 Å². The zero-order valence-corrected chi connectivity index (χ0v) is 16.7. The number of nitrogens with zero attached hydrogens (tertiary/aromatic N) is 2. The number of carbonyl (C=O) groups excluding carboxylic acids is 1. The molecule has 26 heavy (non-hydrogen) atoms. The van der Waals surface area contributed by atoms with Crippen molar-refractivity contribution in [1.82, 2.24) is 9.88 Å². The Hall–Kier alpha value is -1.80. The van der Waals surface area contributed by atoms with E-state index in [0.29, 0.717) is 31.4 Å². The highest BCUT2D eigenvalue weighted by molar-refractivity contribution is 7.14. The van der Waals surface area contributed by atoms with E-state index in [2.05, 4.69) is 42.3 Å². The summed E-state index contributed by atoms with van der Waals surface area (Å²) in [4.78, 5) is 18.9. The summed E-state index contributed by atoms with van der Waals surface area (Å²) in [6.07, 6.45) is 0. The molecule has 142 valence electrons. The fourth-order valence-corrected chi connectivity index (χ4v) is 3.17. The molecule has 2 rings (SSSR count). The van der Waals surface area contributed by atoms with E-state index < -0.39 is 0 Å². The van der Waals surface area contributed by atoms with Crippen molar-refractivity contribution in [2.75, 3.05) is 52.4 Å². The van der Waals surface area contributed by atoms with Gasteiger partial charge in [-0.05, 0) is 31.0 Å². The lowest BCUT2D eigenvalue weighted by atomic mass is 10.1. The number of ether oxygens (including phenoxy) is 2. The summed E-state index contributed by atoms with van der Waals surface area (Å²) >= 11 is 1.43. The van der Waals surface area contributed by atoms with E-state index in [1.807, 2.05) is 10.3 Å². The maximum Gasteiger partial charge on any atom is 0.240 e. The lowest BCUT2D eigenvalue weighted by Crippen LogP contribution is -2.37. The van der Waals surface area contributed by atoms with Crippen LogP contribution >= 0.6 is 11.3 Å². The van der Waals surface area contributed by atoms with Crippen molar-refractivity contribution in [2.45, 2.75) is 13.8 Å². The molecule has 0 aliphatic rings. The van der Waals surface area contributed by atoms with E-state index in [1.54, 1.807) is 14.2 Å². The van der Waals surface area contributed by atoms with Crippen LogP contribution in [0.4, 0.5) is 5.13 Å². The molecule has 0 saturated heterocycles. The van der Waals surface area contributed by atoms with E-state index in [0.717, 1.165) is 11.3 Å². The summed E-state index contributed by atoms with van der Waals surface area (Å²) in [5.41, 5.74) is 4.42. The standard InChI is InChI=1S/C19H27N3O3S/c1-14-5-6-16(11-15(14)2)17-13-26-19(20-17)21-18(23)12-22(7-9-24-3)8-10-25-4/h5-6,11,13H,7-10,12H2,1-4H3,(H,20,21,23). The van der Waals surface area contributed by atoms with Gasteiger partial charge >= 0.3 is 0 Å². The summed E-state index contributed by atoms with van der Waals surface area (Å²) in [6, 6.07) is 6.26. The van der Waals surface area contributed by atoms with Gasteiger partial charge in [-0.1, -0.05) is 12.1 Å². The molecule has 0 atom stereocenters. The zero-order valence-electron chi connectivity index (χ0n) is 15.9. The van der Waals surface area contributed by atoms with Crippen LogP contribution in [-0.4, -0.2) is 62.9 Å². The highest BCUT2D eigenvalue weighted by atomic mass is 32.1. The molecule has 0 aliphatic heterocycles. The van der Waals surface area contributed by atoms with Crippen LogP contribution in [0, 0.1) is 13.8 Å². The van der Waals surface area contributed by atoms with Gasteiger partial charge in [-0.2, -0.15) is 0 Å². The summed E-state index contributed by atoms with van der Waals surface area (Å²) in [6.45, 7) is 6.97. The first kappa shape index (κ1) is 20.5. The lowest BCUT2D eigenvalue weighted by Gasteiger charge is -2.20. The van der Waals surface area contributed by atoms with Crippen molar-refractivity contribution in [2.24, 2.45) is 0 Å². The Morgan fingerprint density at radius 1 is 1.15 bits per heavy atom. The first-order chi connectivity index (χ1) is 12.5. The van der Waals surface area contributed by atoms with Gasteiger partial charge in [-0.25, -0.2) is 4.98 Å². The van der Waals surface area contributed by atoms with Gasteiger partial charge in [-0.15, -0.1) is 11.3 Å². The highest BCUT2D eigenvalue weighted by Gasteiger charge is 2.13. The molecule has 1 amide bonds. The van der Waals surface area contributed by atoms with E-state index in [9.17, 15) is 4.79 Å². The number of thiazole rings is 1. The Labute approximate surface area is 159 Å². The van der Waals surface area contributed by atoms with E-state index in [4.69, 9.17) is 9.47 Å². The Kier molecular flexibility index (Phi) is 8.18. The number of hydrogen-bond donors (Lipinski definition) is 1. The molecule has 2 aromatic rings. The van der Waals surface area contributed by atoms with E-state index in [-0.39, 0.29) is 12.5 Å². The first-order valence-electron chi connectivity index (χ1n) is 8.56. The molecule has 0 aliphatic carbocycles. The molecule has 0 unspecified atom stereocenters. The average molecular weight is 378 g/mol. The van der Waals surface area contributed by atoms with E-state index >= 15 is 0 Å². The normalized spacial score (nSPS) is 11.1. The number of amides is 1. The zero-order chi connectivity index (χ0) is 18.9. The topological polar surface area (TPSA) is 63.7 Å². The van der Waals surface area contributed by atoms with Gasteiger partial charge in [0.2, 0.25) is 5.91 Å². The Morgan fingerprint density at radius 3 is 2.46 bits per heavy atom. The summed E-state index contributed by atoms with van der Waals surface area (Å²) in [5, 5.41) is 5.46. The Balaban J connectivity index is 1.96. The Morgan fingerprint density at radius 2 is 1.85 bits per heavy atom. The van der Waals surface area contributed by atoms with Gasteiger partial charge < -0.3 is 14.8 Å². The van der Waals surface area contributed by atoms with Gasteiger partial charge in [0, 0.05) is 38.3 Å². The molecule has 0 spiro atoms. The molecule has 0 bridgehead atoms. The summed E-state index contributed by atoms with van der Waals surface area (Å²) in [5.74, 6) is -0.0850. The number of benzene rings is 1. The molecule has 1 N–H and O–H groups in total. The fraction of sp³-hybridized carbons (Fsp3) is 0.474. The minimum atomic E-state index is -0.0850. The van der Waals surface area contributed by atoms with Crippen molar-refractivity contribution in [3.8, 4) is 11.3 Å². The van der Waals surface area contributed by atoms with E-state index in [1.165, 1.54) is 22.5 Å². The fourth-order valence-electron chi connectivity index (χ4n) is 2.44. The molecule has 0 saturated carbocycles. The van der Waals surface area contributed by atoms with Crippen molar-refractivity contribution in [3.05, 3.63) is 34.7 Å². The summed E-state index contributed by atoms with van der Waals surface area (Å²) < 4.78 is 10.2. The number of anilines is 1. The smallest absolute Gasteiger partial charge is 0.240 e. The second-order valence-electron chi connectivity index (χ2n) is 6.15. The number of rotatable bonds is 10. The quantitative estimate of drug-likeness (QED) is 0.690. The molecule has 7 heteroatoms. The number of methoxy groups -OCH3 is 2. The van der Waals surface area contributed by atoms with Crippen molar-refractivity contribution < 1.29 is 14.3 Å². The molecule has 1 aromatic carbocycles. The minimum Gasteiger partial charge on any atom is -0.383 e. The second kappa shape index (κ2) is 10.4. The molecule has 6 nitrogen and oxygen atoms in total. The molecule has 1 aromatic heterocycles. The number of nitrogens with one attached hydrogen (secondary N) is 1. The van der Waals surface area contributed by atoms with Crippen LogP contribution in [0.5, 0.6) is 0 Å². The Bertz CT molecular complexity index is 710. The van der Waals surface area contributed by atoms with Crippen molar-refractivity contribution in [3.63, 3.8) is 0 Å². The number of aromatic nitrogens is 1. The lowest BCUT2D eigenvalue weighted by molar-refractivity contribution is -0.117. The maximum atomic E-state index is 12.3. The van der Waals surface area contributed by atoms with Gasteiger partial charge in [0.25, 0.3) is 0 Å². The minimum absolute atomic E-state index is 0.0850. The van der Waals surface area contributed by atoms with Crippen LogP contribution in [-0.2, 0) is 14.3 Å². The molecule has 1 heterocycles. The molecular weight excluding hydrogens is 350 g/mol.